The van der Waals surface area contributed by atoms with Gasteiger partial charge in [-0.05, 0) is 59.5 Å². The lowest BCUT2D eigenvalue weighted by molar-refractivity contribution is 0.173. The number of nitrogens with one attached hydrogen (secondary N) is 3. The van der Waals surface area contributed by atoms with Crippen LogP contribution in [0.1, 0.15) is 16.7 Å². The maximum atomic E-state index is 5.49. The molecule has 204 valence electrons. The van der Waals surface area contributed by atoms with E-state index in [2.05, 4.69) is 30.9 Å². The molecule has 0 saturated carbocycles. The lowest BCUT2D eigenvalue weighted by Gasteiger charge is -2.12. The molecule has 3 aliphatic heterocycles. The predicted molar refractivity (Wildman–Crippen MR) is 144 cm³/mol. The van der Waals surface area contributed by atoms with Crippen molar-refractivity contribution in [1.82, 2.24) is 15.0 Å². The number of hydrogen-bond acceptors (Lipinski definition) is 12. The van der Waals surface area contributed by atoms with Crippen molar-refractivity contribution in [2.75, 3.05) is 42.9 Å². The number of rotatable bonds is 10. The minimum Gasteiger partial charge on any atom is -0.454 e. The number of benzene rings is 3. The Morgan fingerprint density at radius 2 is 0.875 bits per heavy atom. The van der Waals surface area contributed by atoms with Crippen LogP contribution in [0.5, 0.6) is 34.5 Å². The summed E-state index contributed by atoms with van der Waals surface area (Å²) in [5, 5.41) is 9.91. The van der Waals surface area contributed by atoms with Crippen LogP contribution in [-0.4, -0.2) is 41.9 Å². The van der Waals surface area contributed by atoms with Gasteiger partial charge in [-0.25, -0.2) is 0 Å². The highest BCUT2D eigenvalue weighted by Gasteiger charge is 2.16. The van der Waals surface area contributed by atoms with Gasteiger partial charge in [0.1, 0.15) is 0 Å². The highest BCUT2D eigenvalue weighted by atomic mass is 16.7. The van der Waals surface area contributed by atoms with Gasteiger partial charge < -0.3 is 44.4 Å². The zero-order valence-corrected chi connectivity index (χ0v) is 21.4. The van der Waals surface area contributed by atoms with Crippen molar-refractivity contribution in [3.63, 3.8) is 0 Å². The molecule has 0 radical (unpaired) electrons. The molecule has 4 aromatic rings. The molecule has 12 heteroatoms. The van der Waals surface area contributed by atoms with E-state index in [4.69, 9.17) is 28.4 Å². The summed E-state index contributed by atoms with van der Waals surface area (Å²) in [6.45, 7) is 2.34. The van der Waals surface area contributed by atoms with Gasteiger partial charge in [-0.3, -0.25) is 0 Å². The molecular weight excluding hydrogens is 516 g/mol. The Hall–Kier alpha value is -5.13. The summed E-state index contributed by atoms with van der Waals surface area (Å²) in [6.07, 6.45) is 0.752. The Morgan fingerprint density at radius 3 is 1.38 bits per heavy atom. The normalized spacial score (nSPS) is 13.8. The van der Waals surface area contributed by atoms with E-state index in [-0.39, 0.29) is 20.4 Å². The van der Waals surface area contributed by atoms with Gasteiger partial charge in [0.25, 0.3) is 0 Å². The fraction of sp³-hybridized carbons (Fsp3) is 0.250. The third-order valence-corrected chi connectivity index (χ3v) is 6.54. The van der Waals surface area contributed by atoms with Crippen LogP contribution in [0.15, 0.2) is 54.6 Å². The molecule has 4 heterocycles. The number of aromatic nitrogens is 3. The minimum absolute atomic E-state index is 0.235. The van der Waals surface area contributed by atoms with E-state index in [0.717, 1.165) is 57.6 Å². The van der Waals surface area contributed by atoms with E-state index in [0.29, 0.717) is 37.5 Å². The van der Waals surface area contributed by atoms with Crippen LogP contribution in [0.2, 0.25) is 0 Å². The first-order valence-corrected chi connectivity index (χ1v) is 12.9. The lowest BCUT2D eigenvalue weighted by atomic mass is 10.1. The van der Waals surface area contributed by atoms with E-state index >= 15 is 0 Å². The van der Waals surface area contributed by atoms with E-state index < -0.39 is 0 Å². The number of nitrogens with zero attached hydrogens (tertiary/aromatic N) is 3. The van der Waals surface area contributed by atoms with Crippen molar-refractivity contribution in [2.45, 2.75) is 19.5 Å². The summed E-state index contributed by atoms with van der Waals surface area (Å²) in [7, 11) is 0. The first-order valence-electron chi connectivity index (χ1n) is 12.9. The van der Waals surface area contributed by atoms with Crippen molar-refractivity contribution in [3.05, 3.63) is 71.3 Å². The van der Waals surface area contributed by atoms with E-state index in [9.17, 15) is 0 Å². The average molecular weight is 543 g/mol. The Labute approximate surface area is 229 Å². The standard InChI is InChI=1S/C28H26N6O6/c1-4-20-23(38-14-35-20)9-17(1)7-8-29-26-32-27(30-12-18-2-5-21-24(10-18)39-15-36-21)34-28(33-26)31-13-19-3-6-22-25(11-19)40-16-37-22/h1-6,9-11H,7-8,12-16H2,(H3,29,30,31,32,33,34). The smallest absolute Gasteiger partial charge is 0.231 e. The monoisotopic (exact) mass is 542 g/mol. The molecule has 0 amide bonds. The molecule has 0 fully saturated rings. The third kappa shape index (κ3) is 5.23. The lowest BCUT2D eigenvalue weighted by Crippen LogP contribution is -2.14. The Balaban J connectivity index is 1.04. The van der Waals surface area contributed by atoms with Gasteiger partial charge in [0, 0.05) is 19.6 Å². The second kappa shape index (κ2) is 10.6. The Morgan fingerprint density at radius 1 is 0.475 bits per heavy atom. The number of anilines is 3. The van der Waals surface area contributed by atoms with Gasteiger partial charge in [0.2, 0.25) is 38.2 Å². The van der Waals surface area contributed by atoms with E-state index in [1.54, 1.807) is 0 Å². The van der Waals surface area contributed by atoms with Crippen LogP contribution in [0.3, 0.4) is 0 Å². The molecule has 12 nitrogen and oxygen atoms in total. The molecule has 0 unspecified atom stereocenters. The van der Waals surface area contributed by atoms with Gasteiger partial charge >= 0.3 is 0 Å². The molecule has 3 N–H and O–H groups in total. The van der Waals surface area contributed by atoms with Gasteiger partial charge in [0.05, 0.1) is 0 Å². The topological polar surface area (TPSA) is 130 Å². The fourth-order valence-electron chi connectivity index (χ4n) is 4.49. The molecule has 40 heavy (non-hydrogen) atoms. The average Bonchev–Trinajstić information content (AvgIpc) is 3.75. The maximum absolute atomic E-state index is 5.49. The summed E-state index contributed by atoms with van der Waals surface area (Å²) in [6, 6.07) is 17.6. The Kier molecular flexibility index (Phi) is 6.32. The molecular formula is C28H26N6O6. The highest BCUT2D eigenvalue weighted by Crippen LogP contribution is 2.34. The van der Waals surface area contributed by atoms with Crippen LogP contribution in [0.4, 0.5) is 17.8 Å². The van der Waals surface area contributed by atoms with Gasteiger partial charge in [-0.2, -0.15) is 15.0 Å². The van der Waals surface area contributed by atoms with Crippen LogP contribution in [0, 0.1) is 0 Å². The summed E-state index contributed by atoms with van der Waals surface area (Å²) in [5.74, 6) is 5.81. The first kappa shape index (κ1) is 23.9. The quantitative estimate of drug-likeness (QED) is 0.268. The zero-order valence-electron chi connectivity index (χ0n) is 21.4. The maximum Gasteiger partial charge on any atom is 0.231 e. The number of hydrogen-bond donors (Lipinski definition) is 3. The SMILES string of the molecule is c1cc2c(cc1CCNc1nc(NCc3ccc4c(c3)OCO4)nc(NCc3ccc4c(c3)OCO4)n1)OCO2. The van der Waals surface area contributed by atoms with Crippen LogP contribution in [-0.2, 0) is 19.5 Å². The minimum atomic E-state index is 0.235. The predicted octanol–water partition coefficient (Wildman–Crippen LogP) is 3.94. The van der Waals surface area contributed by atoms with Crippen molar-refractivity contribution in [1.29, 1.82) is 0 Å². The molecule has 3 aromatic carbocycles. The molecule has 0 atom stereocenters. The van der Waals surface area contributed by atoms with E-state index in [1.807, 2.05) is 54.6 Å². The Bertz CT molecular complexity index is 1470. The molecule has 0 aliphatic carbocycles. The molecule has 0 bridgehead atoms. The fourth-order valence-corrected chi connectivity index (χ4v) is 4.49. The number of ether oxygens (including phenoxy) is 6. The van der Waals surface area contributed by atoms with Crippen LogP contribution >= 0.6 is 0 Å². The highest BCUT2D eigenvalue weighted by molar-refractivity contribution is 5.49. The number of fused-ring (bicyclic) bond motifs is 3. The molecule has 0 spiro atoms. The van der Waals surface area contributed by atoms with E-state index in [1.165, 1.54) is 0 Å². The third-order valence-electron chi connectivity index (χ3n) is 6.54. The van der Waals surface area contributed by atoms with Crippen LogP contribution < -0.4 is 44.4 Å². The second-order valence-electron chi connectivity index (χ2n) is 9.25. The summed E-state index contributed by atoms with van der Waals surface area (Å²) < 4.78 is 32.7. The van der Waals surface area contributed by atoms with Crippen molar-refractivity contribution in [2.24, 2.45) is 0 Å². The van der Waals surface area contributed by atoms with Gasteiger partial charge in [-0.15, -0.1) is 0 Å². The molecule has 0 saturated heterocycles. The molecule has 3 aliphatic rings. The van der Waals surface area contributed by atoms with Crippen molar-refractivity contribution < 1.29 is 28.4 Å². The summed E-state index contributed by atoms with van der Waals surface area (Å²) >= 11 is 0. The largest absolute Gasteiger partial charge is 0.454 e. The van der Waals surface area contributed by atoms with Crippen molar-refractivity contribution >= 4 is 17.8 Å². The van der Waals surface area contributed by atoms with Gasteiger partial charge in [0.15, 0.2) is 34.5 Å². The summed E-state index contributed by atoms with van der Waals surface area (Å²) in [4.78, 5) is 13.8. The van der Waals surface area contributed by atoms with Crippen LogP contribution in [0.25, 0.3) is 0 Å². The van der Waals surface area contributed by atoms with Gasteiger partial charge in [-0.1, -0.05) is 18.2 Å². The summed E-state index contributed by atoms with van der Waals surface area (Å²) in [5.41, 5.74) is 3.14. The first-order chi connectivity index (χ1) is 19.7. The molecule has 1 aromatic heterocycles. The zero-order chi connectivity index (χ0) is 26.7. The second-order valence-corrected chi connectivity index (χ2v) is 9.25. The van der Waals surface area contributed by atoms with Crippen molar-refractivity contribution in [3.8, 4) is 34.5 Å². The molecule has 7 rings (SSSR count).